The van der Waals surface area contributed by atoms with E-state index in [9.17, 15) is 27.2 Å². The zero-order valence-electron chi connectivity index (χ0n) is 20.9. The molecule has 1 aliphatic heterocycles. The minimum absolute atomic E-state index is 0.00463. The summed E-state index contributed by atoms with van der Waals surface area (Å²) in [5.41, 5.74) is 4.32. The molecule has 3 atom stereocenters. The summed E-state index contributed by atoms with van der Waals surface area (Å²) in [6.45, 7) is 1.16. The number of nitrogen functional groups attached to an aromatic ring is 1. The van der Waals surface area contributed by atoms with Gasteiger partial charge in [-0.2, -0.15) is 18.3 Å². The summed E-state index contributed by atoms with van der Waals surface area (Å²) in [5.74, 6) is -2.71. The molecule has 2 amide bonds. The van der Waals surface area contributed by atoms with Crippen LogP contribution in [0.4, 0.5) is 27.8 Å². The second kappa shape index (κ2) is 10.7. The first-order valence-electron chi connectivity index (χ1n) is 11.9. The minimum atomic E-state index is -4.77. The highest BCUT2D eigenvalue weighted by atomic mass is 127. The maximum Gasteiger partial charge on any atom is 0.418 e. The number of nitrogens with two attached hydrogens (primary N) is 1. The van der Waals surface area contributed by atoms with Crippen LogP contribution in [-0.4, -0.2) is 54.1 Å². The first kappa shape index (κ1) is 29.0. The lowest BCUT2D eigenvalue weighted by Gasteiger charge is -2.24. The molecule has 15 heteroatoms. The van der Waals surface area contributed by atoms with Gasteiger partial charge in [0.15, 0.2) is 5.82 Å². The van der Waals surface area contributed by atoms with Crippen LogP contribution in [0.1, 0.15) is 31.8 Å². The van der Waals surface area contributed by atoms with Crippen molar-refractivity contribution >= 4 is 57.3 Å². The fourth-order valence-electron chi connectivity index (χ4n) is 4.71. The smallest absolute Gasteiger partial charge is 0.382 e. The van der Waals surface area contributed by atoms with Gasteiger partial charge in [0, 0.05) is 5.56 Å². The van der Waals surface area contributed by atoms with E-state index in [0.29, 0.717) is 5.56 Å². The Bertz CT molecular complexity index is 1700. The number of carbonyl (C=O) groups excluding carboxylic acids is 2. The van der Waals surface area contributed by atoms with E-state index in [2.05, 4.69) is 15.4 Å². The van der Waals surface area contributed by atoms with Crippen molar-refractivity contribution in [3.05, 3.63) is 81.9 Å². The number of fused-ring (bicyclic) bond motifs is 1. The number of aromatic nitrogens is 3. The molecule has 2 aromatic carbocycles. The summed E-state index contributed by atoms with van der Waals surface area (Å²) in [6.07, 6.45) is -5.47. The second-order valence-electron chi connectivity index (χ2n) is 9.33. The number of amides is 2. The number of nitrogens with one attached hydrogen (secondary N) is 1. The van der Waals surface area contributed by atoms with Crippen molar-refractivity contribution in [2.45, 2.75) is 29.4 Å². The number of anilines is 1. The van der Waals surface area contributed by atoms with Crippen LogP contribution in [-0.2, 0) is 6.18 Å². The van der Waals surface area contributed by atoms with Crippen LogP contribution in [0, 0.1) is 12.7 Å². The maximum absolute atomic E-state index is 15.1. The van der Waals surface area contributed by atoms with Gasteiger partial charge in [0.2, 0.25) is 0 Å². The summed E-state index contributed by atoms with van der Waals surface area (Å²) in [4.78, 5) is 31.1. The van der Waals surface area contributed by atoms with Gasteiger partial charge in [-0.05, 0) is 42.8 Å². The van der Waals surface area contributed by atoms with Crippen molar-refractivity contribution in [2.24, 2.45) is 0 Å². The van der Waals surface area contributed by atoms with E-state index in [1.54, 1.807) is 29.5 Å². The fourth-order valence-corrected chi connectivity index (χ4v) is 6.02. The van der Waals surface area contributed by atoms with Gasteiger partial charge < -0.3 is 16.0 Å². The van der Waals surface area contributed by atoms with Gasteiger partial charge in [0.1, 0.15) is 27.9 Å². The van der Waals surface area contributed by atoms with Crippen LogP contribution in [0.25, 0.3) is 16.8 Å². The molecule has 0 radical (unpaired) electrons. The van der Waals surface area contributed by atoms with Crippen molar-refractivity contribution in [3.8, 4) is 11.3 Å². The zero-order valence-corrected chi connectivity index (χ0v) is 23.8. The number of aryl methyl sites for hydroxylation is 1. The average Bonchev–Trinajstić information content (AvgIpc) is 3.44. The largest absolute Gasteiger partial charge is 0.418 e. The van der Waals surface area contributed by atoms with E-state index >= 15 is 4.39 Å². The summed E-state index contributed by atoms with van der Waals surface area (Å²) in [7, 11) is 0. The lowest BCUT2D eigenvalue weighted by molar-refractivity contribution is -0.136. The van der Waals surface area contributed by atoms with Crippen molar-refractivity contribution in [1.82, 2.24) is 24.8 Å². The lowest BCUT2D eigenvalue weighted by Crippen LogP contribution is -2.46. The summed E-state index contributed by atoms with van der Waals surface area (Å²) < 4.78 is 70.8. The highest BCUT2D eigenvalue weighted by Crippen LogP contribution is 2.40. The molecule has 214 valence electrons. The molecule has 0 bridgehead atoms. The van der Waals surface area contributed by atoms with E-state index in [4.69, 9.17) is 17.3 Å². The van der Waals surface area contributed by atoms with Gasteiger partial charge in [-0.3, -0.25) is 9.59 Å². The number of rotatable bonds is 4. The van der Waals surface area contributed by atoms with Gasteiger partial charge in [-0.1, -0.05) is 46.3 Å². The molecule has 8 nitrogen and oxygen atoms in total. The number of carbonyl (C=O) groups is 2. The second-order valence-corrected chi connectivity index (χ2v) is 11.0. The molecule has 4 aromatic rings. The Balaban J connectivity index is 1.48. The monoisotopic (exact) mass is 704 g/mol. The molecule has 1 aliphatic rings. The minimum Gasteiger partial charge on any atom is -0.382 e. The normalized spacial score (nSPS) is 19.1. The lowest BCUT2D eigenvalue weighted by atomic mass is 10.0. The Morgan fingerprint density at radius 2 is 1.88 bits per heavy atom. The quantitative estimate of drug-likeness (QED) is 0.127. The molecule has 0 saturated carbocycles. The first-order chi connectivity index (χ1) is 19.3. The Hall–Kier alpha value is -3.53. The highest BCUT2D eigenvalue weighted by molar-refractivity contribution is 14.1. The fraction of sp³-hybridized carbons (Fsp3) is 0.231. The SMILES string of the molecule is Cc1cc(-c2cc(C(F)(F)F)c3c(N)ncnn23)cc(C(=O)N[C@H]2C(I)N(C(=O)c3ccccc3F)C[C@@H]2F)c1Cl. The number of nitrogens with zero attached hydrogens (tertiary/aromatic N) is 4. The van der Waals surface area contributed by atoms with Crippen LogP contribution in [0.2, 0.25) is 5.02 Å². The molecular weight excluding hydrogens is 686 g/mol. The average molecular weight is 705 g/mol. The summed E-state index contributed by atoms with van der Waals surface area (Å²) in [5, 5.41) is 6.45. The first-order valence-corrected chi connectivity index (χ1v) is 13.6. The Kier molecular flexibility index (Phi) is 7.57. The number of likely N-dealkylation sites (tertiary alicyclic amines) is 1. The molecule has 3 N–H and O–H groups in total. The third-order valence-corrected chi connectivity index (χ3v) is 8.65. The van der Waals surface area contributed by atoms with Crippen molar-refractivity contribution < 1.29 is 31.5 Å². The molecule has 1 fully saturated rings. The molecule has 1 unspecified atom stereocenters. The number of benzene rings is 2. The van der Waals surface area contributed by atoms with Gasteiger partial charge in [0.05, 0.1) is 40.0 Å². The van der Waals surface area contributed by atoms with E-state index in [-0.39, 0.29) is 33.2 Å². The van der Waals surface area contributed by atoms with Crippen LogP contribution in [0.3, 0.4) is 0 Å². The predicted octanol–water partition coefficient (Wildman–Crippen LogP) is 5.45. The van der Waals surface area contributed by atoms with Gasteiger partial charge in [0.25, 0.3) is 11.8 Å². The van der Waals surface area contributed by atoms with E-state index in [0.717, 1.165) is 27.9 Å². The Labute approximate surface area is 247 Å². The Morgan fingerprint density at radius 3 is 2.56 bits per heavy atom. The molecule has 2 aromatic heterocycles. The molecule has 0 spiro atoms. The molecule has 41 heavy (non-hydrogen) atoms. The van der Waals surface area contributed by atoms with E-state index < -0.39 is 57.7 Å². The summed E-state index contributed by atoms with van der Waals surface area (Å²) in [6, 6.07) is 7.68. The van der Waals surface area contributed by atoms with Crippen molar-refractivity contribution in [3.63, 3.8) is 0 Å². The molecular formula is C26H19ClF5IN6O2. The van der Waals surface area contributed by atoms with Crippen LogP contribution in [0.15, 0.2) is 48.8 Å². The van der Waals surface area contributed by atoms with Gasteiger partial charge in [-0.15, -0.1) is 0 Å². The van der Waals surface area contributed by atoms with Gasteiger partial charge >= 0.3 is 6.18 Å². The van der Waals surface area contributed by atoms with Gasteiger partial charge in [-0.25, -0.2) is 18.3 Å². The number of halogens is 7. The maximum atomic E-state index is 15.1. The van der Waals surface area contributed by atoms with Crippen molar-refractivity contribution in [1.29, 1.82) is 0 Å². The molecule has 5 rings (SSSR count). The highest BCUT2D eigenvalue weighted by Gasteiger charge is 2.45. The Morgan fingerprint density at radius 1 is 1.17 bits per heavy atom. The van der Waals surface area contributed by atoms with E-state index in [1.807, 2.05) is 0 Å². The van der Waals surface area contributed by atoms with Crippen LogP contribution >= 0.6 is 34.2 Å². The van der Waals surface area contributed by atoms with E-state index in [1.165, 1.54) is 30.3 Å². The topological polar surface area (TPSA) is 106 Å². The number of alkyl halides is 5. The predicted molar refractivity (Wildman–Crippen MR) is 149 cm³/mol. The number of hydrogen-bond acceptors (Lipinski definition) is 5. The summed E-state index contributed by atoms with van der Waals surface area (Å²) >= 11 is 8.20. The molecule has 1 saturated heterocycles. The van der Waals surface area contributed by atoms with Crippen LogP contribution < -0.4 is 11.1 Å². The molecule has 0 aliphatic carbocycles. The zero-order chi connectivity index (χ0) is 29.8. The molecule has 3 heterocycles. The third-order valence-electron chi connectivity index (χ3n) is 6.70. The number of hydrogen-bond donors (Lipinski definition) is 2. The standard InChI is InChI=1S/C26H19ClF5IN6O2/c1-11-6-12(18-8-15(26(30,31)32)21-23(34)35-10-36-39(18)21)7-14(19(11)27)24(40)37-20-17(29)9-38(22(20)33)25(41)13-4-2-3-5-16(13)28/h2-8,10,17,20,22H,9H2,1H3,(H,37,40)(H2,34,35,36)/t17-,20+,22?/m0/s1. The van der Waals surface area contributed by atoms with Crippen LogP contribution in [0.5, 0.6) is 0 Å². The third kappa shape index (κ3) is 5.18. The van der Waals surface area contributed by atoms with Crippen molar-refractivity contribution in [2.75, 3.05) is 12.3 Å².